The summed E-state index contributed by atoms with van der Waals surface area (Å²) in [6.45, 7) is 6.46. The Morgan fingerprint density at radius 2 is 1.72 bits per heavy atom. The Balaban J connectivity index is 0.000000243. The van der Waals surface area contributed by atoms with Crippen molar-refractivity contribution in [2.45, 2.75) is 52.9 Å². The van der Waals surface area contributed by atoms with Crippen LogP contribution in [-0.2, 0) is 11.2 Å². The van der Waals surface area contributed by atoms with Crippen LogP contribution in [0.5, 0.6) is 0 Å². The minimum atomic E-state index is -0.148. The first-order chi connectivity index (χ1) is 15.4. The Bertz CT molecular complexity index is 841. The number of aliphatic hydroxyl groups excluding tert-OH is 2. The highest BCUT2D eigenvalue weighted by atomic mass is 19.1. The fraction of sp³-hybridized carbons (Fsp3) is 0.370. The molecule has 1 amide bonds. The van der Waals surface area contributed by atoms with E-state index in [-0.39, 0.29) is 24.1 Å². The number of aliphatic hydroxyl groups is 2. The average Bonchev–Trinajstić information content (AvgIpc) is 3.24. The molecule has 1 saturated heterocycles. The van der Waals surface area contributed by atoms with Gasteiger partial charge in [0.2, 0.25) is 5.91 Å². The molecule has 1 fully saturated rings. The van der Waals surface area contributed by atoms with Crippen molar-refractivity contribution < 1.29 is 19.4 Å². The van der Waals surface area contributed by atoms with Gasteiger partial charge in [0.15, 0.2) is 0 Å². The van der Waals surface area contributed by atoms with E-state index >= 15 is 0 Å². The molecule has 4 nitrogen and oxygen atoms in total. The highest BCUT2D eigenvalue weighted by Gasteiger charge is 2.20. The number of carbonyl (C=O) groups is 1. The van der Waals surface area contributed by atoms with E-state index < -0.39 is 0 Å². The smallest absolute Gasteiger partial charge is 0.227 e. The lowest BCUT2D eigenvalue weighted by atomic mass is 10.1. The Labute approximate surface area is 191 Å². The van der Waals surface area contributed by atoms with Crippen LogP contribution < -0.4 is 4.90 Å². The second-order valence-corrected chi connectivity index (χ2v) is 7.69. The third-order valence-electron chi connectivity index (χ3n) is 4.73. The Morgan fingerprint density at radius 3 is 2.22 bits per heavy atom. The van der Waals surface area contributed by atoms with Gasteiger partial charge in [0.05, 0.1) is 12.4 Å². The fourth-order valence-electron chi connectivity index (χ4n) is 2.88. The van der Waals surface area contributed by atoms with E-state index in [1.807, 2.05) is 47.4 Å². The van der Waals surface area contributed by atoms with Gasteiger partial charge in [0.25, 0.3) is 0 Å². The highest BCUT2D eigenvalue weighted by molar-refractivity contribution is 5.95. The first-order valence-corrected chi connectivity index (χ1v) is 11.1. The normalized spacial score (nSPS) is 13.8. The summed E-state index contributed by atoms with van der Waals surface area (Å²) in [5.74, 6) is 0.356. The van der Waals surface area contributed by atoms with Gasteiger partial charge < -0.3 is 15.1 Å². The van der Waals surface area contributed by atoms with Crippen LogP contribution >= 0.6 is 0 Å². The van der Waals surface area contributed by atoms with Gasteiger partial charge in [0, 0.05) is 18.7 Å². The third kappa shape index (κ3) is 11.5. The largest absolute Gasteiger partial charge is 0.513 e. The summed E-state index contributed by atoms with van der Waals surface area (Å²) in [6, 6.07) is 16.6. The maximum absolute atomic E-state index is 12.4. The zero-order chi connectivity index (χ0) is 23.8. The predicted molar refractivity (Wildman–Crippen MR) is 130 cm³/mol. The lowest BCUT2D eigenvalue weighted by Gasteiger charge is -2.14. The molecule has 0 aliphatic carbocycles. The van der Waals surface area contributed by atoms with Crippen molar-refractivity contribution >= 4 is 11.6 Å². The Kier molecular flexibility index (Phi) is 13.4. The first kappa shape index (κ1) is 27.1. The number of carbonyl (C=O) groups excluding carboxylic acids is 1. The molecule has 0 spiro atoms. The molecule has 3 rings (SSSR count). The molecule has 0 radical (unpaired) electrons. The van der Waals surface area contributed by atoms with Crippen LogP contribution in [0.3, 0.4) is 0 Å². The van der Waals surface area contributed by atoms with Crippen LogP contribution in [0, 0.1) is 5.82 Å². The minimum absolute atomic E-state index is 0.0454. The molecule has 2 aromatic carbocycles. The first-order valence-electron chi connectivity index (χ1n) is 11.1. The Hall–Kier alpha value is -2.92. The van der Waals surface area contributed by atoms with E-state index in [0.717, 1.165) is 30.6 Å². The van der Waals surface area contributed by atoms with Crippen LogP contribution in [0.4, 0.5) is 10.1 Å². The van der Waals surface area contributed by atoms with Crippen LogP contribution in [0.25, 0.3) is 0 Å². The van der Waals surface area contributed by atoms with Crippen molar-refractivity contribution in [3.63, 3.8) is 0 Å². The average molecular weight is 442 g/mol. The van der Waals surface area contributed by atoms with Gasteiger partial charge in [-0.1, -0.05) is 49.8 Å². The van der Waals surface area contributed by atoms with E-state index in [4.69, 9.17) is 10.2 Å². The number of hydrogen-bond acceptors (Lipinski definition) is 3. The van der Waals surface area contributed by atoms with Gasteiger partial charge in [0.1, 0.15) is 5.82 Å². The third-order valence-corrected chi connectivity index (χ3v) is 4.73. The number of amides is 1. The summed E-state index contributed by atoms with van der Waals surface area (Å²) in [5, 5.41) is 17.1. The maximum atomic E-state index is 12.4. The van der Waals surface area contributed by atoms with Crippen molar-refractivity contribution in [2.75, 3.05) is 18.1 Å². The van der Waals surface area contributed by atoms with Crippen LogP contribution in [-0.4, -0.2) is 29.3 Å². The van der Waals surface area contributed by atoms with Gasteiger partial charge in [-0.3, -0.25) is 4.79 Å². The lowest BCUT2D eigenvalue weighted by molar-refractivity contribution is -0.117. The van der Waals surface area contributed by atoms with Gasteiger partial charge in [-0.05, 0) is 74.6 Å². The lowest BCUT2D eigenvalue weighted by Crippen LogP contribution is -2.23. The maximum Gasteiger partial charge on any atom is 0.227 e. The number of allylic oxidation sites excluding steroid dienone is 3. The molecule has 5 heteroatoms. The fourth-order valence-corrected chi connectivity index (χ4v) is 2.88. The second kappa shape index (κ2) is 15.8. The highest BCUT2D eigenvalue weighted by Crippen LogP contribution is 2.19. The van der Waals surface area contributed by atoms with Crippen molar-refractivity contribution in [2.24, 2.45) is 0 Å². The zero-order valence-electron chi connectivity index (χ0n) is 19.4. The molecular weight excluding hydrogens is 405 g/mol. The number of hydrogen-bond donors (Lipinski definition) is 2. The molecular formula is C27H36FNO3. The summed E-state index contributed by atoms with van der Waals surface area (Å²) in [7, 11) is 0. The van der Waals surface area contributed by atoms with Crippen molar-refractivity contribution in [3.8, 4) is 0 Å². The van der Waals surface area contributed by atoms with Gasteiger partial charge >= 0.3 is 0 Å². The summed E-state index contributed by atoms with van der Waals surface area (Å²) < 4.78 is 12.4. The van der Waals surface area contributed by atoms with Crippen LogP contribution in [0.2, 0.25) is 0 Å². The molecule has 0 aromatic heterocycles. The topological polar surface area (TPSA) is 60.8 Å². The number of anilines is 1. The number of unbranched alkanes of at least 4 members (excludes halogenated alkanes) is 1. The second-order valence-electron chi connectivity index (χ2n) is 7.69. The summed E-state index contributed by atoms with van der Waals surface area (Å²) in [4.78, 5) is 13.1. The van der Waals surface area contributed by atoms with Crippen molar-refractivity contribution in [1.82, 2.24) is 0 Å². The molecule has 32 heavy (non-hydrogen) atoms. The number of nitrogens with zero attached hydrogens (tertiary/aromatic N) is 1. The van der Waals surface area contributed by atoms with Crippen LogP contribution in [0.15, 0.2) is 78.1 Å². The molecule has 1 heterocycles. The summed E-state index contributed by atoms with van der Waals surface area (Å²) >= 11 is 0. The summed E-state index contributed by atoms with van der Waals surface area (Å²) in [6.07, 6.45) is 8.36. The van der Waals surface area contributed by atoms with Gasteiger partial charge in [-0.25, -0.2) is 4.39 Å². The van der Waals surface area contributed by atoms with Gasteiger partial charge in [-0.15, -0.1) is 0 Å². The molecule has 2 aromatic rings. The number of para-hydroxylation sites is 1. The standard InChI is InChI=1S/C10H13F.C10H11NO.C7H12O2/c1-2-3-4-9-5-7-10(11)8-6-9;12-10-7-4-8-11(10)9-5-2-1-3-6-9;1-6(5-8)3-4-7(2)9/h5-8H,2-4H2,1H3;1-3,5-6H,4,7-8H2;3-4,8-9H,5H2,1-2H3/b;;6-3-,7-4+. The molecule has 1 aliphatic heterocycles. The van der Waals surface area contributed by atoms with E-state index in [1.165, 1.54) is 30.5 Å². The quantitative estimate of drug-likeness (QED) is 0.404. The summed E-state index contributed by atoms with van der Waals surface area (Å²) in [5.41, 5.74) is 3.09. The van der Waals surface area contributed by atoms with Crippen molar-refractivity contribution in [3.05, 3.63) is 89.5 Å². The Morgan fingerprint density at radius 1 is 1.06 bits per heavy atom. The monoisotopic (exact) mass is 441 g/mol. The van der Waals surface area contributed by atoms with Crippen LogP contribution in [0.1, 0.15) is 52.0 Å². The number of halogens is 1. The van der Waals surface area contributed by atoms with E-state index in [9.17, 15) is 9.18 Å². The number of rotatable bonds is 6. The van der Waals surface area contributed by atoms with E-state index in [1.54, 1.807) is 26.0 Å². The molecule has 0 unspecified atom stereocenters. The molecule has 0 bridgehead atoms. The van der Waals surface area contributed by atoms with E-state index in [2.05, 4.69) is 6.92 Å². The minimum Gasteiger partial charge on any atom is -0.513 e. The predicted octanol–water partition coefficient (Wildman–Crippen LogP) is 6.37. The van der Waals surface area contributed by atoms with Gasteiger partial charge in [-0.2, -0.15) is 0 Å². The SMILES string of the molecule is C/C(=C/C=C(\C)O)CO.CCCCc1ccc(F)cc1.O=C1CCCN1c1ccccc1. The van der Waals surface area contributed by atoms with Crippen molar-refractivity contribution in [1.29, 1.82) is 0 Å². The molecule has 2 N–H and O–H groups in total. The molecule has 174 valence electrons. The molecule has 0 atom stereocenters. The number of benzene rings is 2. The van der Waals surface area contributed by atoms with E-state index in [0.29, 0.717) is 6.42 Å². The zero-order valence-corrected chi connectivity index (χ0v) is 19.4. The molecule has 1 aliphatic rings. The molecule has 0 saturated carbocycles. The number of aryl methyl sites for hydroxylation is 1.